The SMILES string of the molecule is CC(=O)OC1[C@H](OC(C)=O)C(CO)O[C@@H](O)[C@H]1NC(=O)C(F)(F)F. The first-order valence-corrected chi connectivity index (χ1v) is 6.64. The Balaban J connectivity index is 3.14. The fourth-order valence-electron chi connectivity index (χ4n) is 2.12. The lowest BCUT2D eigenvalue weighted by atomic mass is 9.96. The van der Waals surface area contributed by atoms with Crippen molar-refractivity contribution >= 4 is 17.8 Å². The molecule has 9 nitrogen and oxygen atoms in total. The molecule has 0 spiro atoms. The van der Waals surface area contributed by atoms with Gasteiger partial charge in [-0.1, -0.05) is 0 Å². The number of alkyl halides is 3. The minimum absolute atomic E-state index is 0.799. The minimum Gasteiger partial charge on any atom is -0.456 e. The Hall–Kier alpha value is -1.92. The molecule has 1 heterocycles. The summed E-state index contributed by atoms with van der Waals surface area (Å²) in [6.07, 6.45) is -12.0. The molecule has 1 saturated heterocycles. The van der Waals surface area contributed by atoms with Crippen molar-refractivity contribution in [3.05, 3.63) is 0 Å². The molecule has 0 aromatic rings. The molecule has 1 rings (SSSR count). The smallest absolute Gasteiger partial charge is 0.456 e. The second-order valence-electron chi connectivity index (χ2n) is 4.89. The molecular formula is C12H16F3NO8. The highest BCUT2D eigenvalue weighted by atomic mass is 19.4. The van der Waals surface area contributed by atoms with Gasteiger partial charge in [0.2, 0.25) is 0 Å². The van der Waals surface area contributed by atoms with Gasteiger partial charge >= 0.3 is 24.0 Å². The van der Waals surface area contributed by atoms with Gasteiger partial charge in [-0.05, 0) is 0 Å². The molecule has 5 atom stereocenters. The molecule has 2 unspecified atom stereocenters. The molecular weight excluding hydrogens is 343 g/mol. The summed E-state index contributed by atoms with van der Waals surface area (Å²) in [4.78, 5) is 33.4. The average molecular weight is 359 g/mol. The molecule has 1 aliphatic rings. The molecule has 1 aliphatic heterocycles. The summed E-state index contributed by atoms with van der Waals surface area (Å²) in [6, 6.07) is -1.88. The predicted molar refractivity (Wildman–Crippen MR) is 67.1 cm³/mol. The number of nitrogens with one attached hydrogen (secondary N) is 1. The first-order chi connectivity index (χ1) is 11.0. The van der Waals surface area contributed by atoms with Crippen LogP contribution in [0, 0.1) is 0 Å². The van der Waals surface area contributed by atoms with E-state index in [4.69, 9.17) is 14.2 Å². The maximum absolute atomic E-state index is 12.4. The largest absolute Gasteiger partial charge is 0.471 e. The van der Waals surface area contributed by atoms with Gasteiger partial charge in [0.05, 0.1) is 6.61 Å². The third kappa shape index (κ3) is 5.04. The van der Waals surface area contributed by atoms with E-state index < -0.39 is 61.3 Å². The van der Waals surface area contributed by atoms with E-state index in [-0.39, 0.29) is 0 Å². The Kier molecular flexibility index (Phi) is 6.51. The number of hydrogen-bond donors (Lipinski definition) is 3. The lowest BCUT2D eigenvalue weighted by molar-refractivity contribution is -0.265. The molecule has 0 aliphatic carbocycles. The van der Waals surface area contributed by atoms with Crippen LogP contribution in [-0.2, 0) is 28.6 Å². The molecule has 12 heteroatoms. The summed E-state index contributed by atoms with van der Waals surface area (Å²) in [7, 11) is 0. The van der Waals surface area contributed by atoms with Crippen molar-refractivity contribution < 1.29 is 52.0 Å². The van der Waals surface area contributed by atoms with Crippen LogP contribution in [0.4, 0.5) is 13.2 Å². The quantitative estimate of drug-likeness (QED) is 0.523. The van der Waals surface area contributed by atoms with Gasteiger partial charge in [-0.3, -0.25) is 14.4 Å². The molecule has 1 fully saturated rings. The average Bonchev–Trinajstić information content (AvgIpc) is 2.43. The standard InChI is InChI=1S/C12H16F3NO8/c1-4(18)22-8-6(3-17)24-10(20)7(9(8)23-5(2)19)16-11(21)12(13,14)15/h6-10,17,20H,3H2,1-2H3,(H,16,21)/t6?,7-,8+,9?,10+/m0/s1. The van der Waals surface area contributed by atoms with Gasteiger partial charge in [0, 0.05) is 13.8 Å². The molecule has 0 aromatic heterocycles. The van der Waals surface area contributed by atoms with Crippen molar-refractivity contribution in [1.82, 2.24) is 5.32 Å². The number of aliphatic hydroxyl groups is 2. The molecule has 138 valence electrons. The Morgan fingerprint density at radius 2 is 1.62 bits per heavy atom. The van der Waals surface area contributed by atoms with Crippen molar-refractivity contribution in [3.8, 4) is 0 Å². The second kappa shape index (κ2) is 7.77. The van der Waals surface area contributed by atoms with Gasteiger partial charge in [0.15, 0.2) is 18.5 Å². The van der Waals surface area contributed by atoms with Crippen molar-refractivity contribution in [1.29, 1.82) is 0 Å². The number of carbonyl (C=O) groups excluding carboxylic acids is 3. The summed E-state index contributed by atoms with van der Waals surface area (Å²) in [6.45, 7) is 1.09. The summed E-state index contributed by atoms with van der Waals surface area (Å²) in [5.41, 5.74) is 0. The van der Waals surface area contributed by atoms with Crippen LogP contribution >= 0.6 is 0 Å². The Bertz CT molecular complexity index is 497. The molecule has 3 N–H and O–H groups in total. The summed E-state index contributed by atoms with van der Waals surface area (Å²) in [5, 5.41) is 20.4. The van der Waals surface area contributed by atoms with Crippen molar-refractivity contribution in [3.63, 3.8) is 0 Å². The van der Waals surface area contributed by atoms with Crippen LogP contribution in [0.1, 0.15) is 13.8 Å². The van der Waals surface area contributed by atoms with Crippen LogP contribution in [0.5, 0.6) is 0 Å². The topological polar surface area (TPSA) is 131 Å². The zero-order valence-corrected chi connectivity index (χ0v) is 12.6. The number of halogens is 3. The fraction of sp³-hybridized carbons (Fsp3) is 0.750. The van der Waals surface area contributed by atoms with Crippen molar-refractivity contribution in [2.75, 3.05) is 6.61 Å². The highest BCUT2D eigenvalue weighted by Crippen LogP contribution is 2.26. The van der Waals surface area contributed by atoms with Gasteiger partial charge in [-0.25, -0.2) is 0 Å². The maximum Gasteiger partial charge on any atom is 0.471 e. The summed E-state index contributed by atoms with van der Waals surface area (Å²) >= 11 is 0. The van der Waals surface area contributed by atoms with Crippen LogP contribution in [0.25, 0.3) is 0 Å². The number of aliphatic hydroxyl groups excluding tert-OH is 2. The van der Waals surface area contributed by atoms with Gasteiger partial charge in [-0.15, -0.1) is 0 Å². The van der Waals surface area contributed by atoms with Gasteiger partial charge < -0.3 is 29.7 Å². The first-order valence-electron chi connectivity index (χ1n) is 6.64. The van der Waals surface area contributed by atoms with Crippen LogP contribution in [0.3, 0.4) is 0 Å². The second-order valence-corrected chi connectivity index (χ2v) is 4.89. The number of carbonyl (C=O) groups is 3. The van der Waals surface area contributed by atoms with Gasteiger partial charge in [0.1, 0.15) is 12.1 Å². The monoisotopic (exact) mass is 359 g/mol. The van der Waals surface area contributed by atoms with Crippen molar-refractivity contribution in [2.45, 2.75) is 50.7 Å². The van der Waals surface area contributed by atoms with E-state index in [0.717, 1.165) is 13.8 Å². The molecule has 0 radical (unpaired) electrons. The lowest BCUT2D eigenvalue weighted by Gasteiger charge is -2.43. The van der Waals surface area contributed by atoms with Crippen molar-refractivity contribution in [2.24, 2.45) is 0 Å². The minimum atomic E-state index is -5.27. The Morgan fingerprint density at radius 3 is 2.04 bits per heavy atom. The van der Waals surface area contributed by atoms with Gasteiger partial charge in [-0.2, -0.15) is 13.2 Å². The number of rotatable bonds is 4. The van der Waals surface area contributed by atoms with E-state index in [1.165, 1.54) is 5.32 Å². The number of hydrogen-bond acceptors (Lipinski definition) is 8. The molecule has 24 heavy (non-hydrogen) atoms. The van der Waals surface area contributed by atoms with E-state index in [9.17, 15) is 37.8 Å². The van der Waals surface area contributed by atoms with Gasteiger partial charge in [0.25, 0.3) is 0 Å². The first kappa shape index (κ1) is 20.1. The van der Waals surface area contributed by atoms with E-state index in [2.05, 4.69) is 0 Å². The van der Waals surface area contributed by atoms with E-state index in [0.29, 0.717) is 0 Å². The highest BCUT2D eigenvalue weighted by molar-refractivity contribution is 5.82. The van der Waals surface area contributed by atoms with Crippen LogP contribution < -0.4 is 5.32 Å². The van der Waals surface area contributed by atoms with Crippen LogP contribution in [0.15, 0.2) is 0 Å². The normalized spacial score (nSPS) is 30.4. The number of ether oxygens (including phenoxy) is 3. The summed E-state index contributed by atoms with van der Waals surface area (Å²) < 4.78 is 51.6. The predicted octanol–water partition coefficient (Wildman–Crippen LogP) is -1.39. The third-order valence-electron chi connectivity index (χ3n) is 3.00. The Morgan fingerprint density at radius 1 is 1.12 bits per heavy atom. The van der Waals surface area contributed by atoms with E-state index in [1.54, 1.807) is 0 Å². The Labute approximate surface area is 133 Å². The maximum atomic E-state index is 12.4. The van der Waals surface area contributed by atoms with E-state index in [1.807, 2.05) is 0 Å². The fourth-order valence-corrected chi connectivity index (χ4v) is 2.12. The highest BCUT2D eigenvalue weighted by Gasteiger charge is 2.52. The molecule has 0 saturated carbocycles. The molecule has 0 bridgehead atoms. The van der Waals surface area contributed by atoms with E-state index >= 15 is 0 Å². The van der Waals surface area contributed by atoms with Crippen LogP contribution in [-0.4, -0.2) is 71.5 Å². The number of amides is 1. The molecule has 1 amide bonds. The number of esters is 2. The zero-order valence-electron chi connectivity index (χ0n) is 12.6. The van der Waals surface area contributed by atoms with Crippen LogP contribution in [0.2, 0.25) is 0 Å². The third-order valence-corrected chi connectivity index (χ3v) is 3.00. The molecule has 0 aromatic carbocycles. The zero-order chi connectivity index (χ0) is 18.7. The lowest BCUT2D eigenvalue weighted by Crippen LogP contribution is -2.67. The summed E-state index contributed by atoms with van der Waals surface area (Å²) in [5.74, 6) is -4.30.